The van der Waals surface area contributed by atoms with Gasteiger partial charge in [-0.1, -0.05) is 11.6 Å². The first-order chi connectivity index (χ1) is 9.13. The number of aryl methyl sites for hydroxylation is 2. The van der Waals surface area contributed by atoms with E-state index in [4.69, 9.17) is 17.3 Å². The lowest BCUT2D eigenvalue weighted by molar-refractivity contribution is 0.726. The summed E-state index contributed by atoms with van der Waals surface area (Å²) in [6.07, 6.45) is 2.62. The van der Waals surface area contributed by atoms with Gasteiger partial charge < -0.3 is 5.73 Å². The molecule has 19 heavy (non-hydrogen) atoms. The highest BCUT2D eigenvalue weighted by Crippen LogP contribution is 2.24. The van der Waals surface area contributed by atoms with Gasteiger partial charge in [-0.25, -0.2) is 9.97 Å². The topological polar surface area (TPSA) is 56.7 Å². The second-order valence-electron chi connectivity index (χ2n) is 4.07. The largest absolute Gasteiger partial charge is 0.369 e. The predicted octanol–water partition coefficient (Wildman–Crippen LogP) is 3.73. The summed E-state index contributed by atoms with van der Waals surface area (Å²) >= 11 is 10.9. The summed E-state index contributed by atoms with van der Waals surface area (Å²) in [6.45, 7) is 0.744. The van der Waals surface area contributed by atoms with E-state index in [-0.39, 0.29) is 0 Å². The third kappa shape index (κ3) is 2.61. The Morgan fingerprint density at radius 2 is 2.26 bits per heavy atom. The number of rotatable bonds is 3. The highest BCUT2D eigenvalue weighted by molar-refractivity contribution is 9.10. The van der Waals surface area contributed by atoms with E-state index < -0.39 is 0 Å². The van der Waals surface area contributed by atoms with E-state index in [2.05, 4.69) is 25.9 Å². The third-order valence-corrected chi connectivity index (χ3v) is 4.52. The van der Waals surface area contributed by atoms with Crippen LogP contribution in [0.3, 0.4) is 0 Å². The Bertz CT molecular complexity index is 736. The molecule has 0 aliphatic rings. The molecule has 3 aromatic rings. The van der Waals surface area contributed by atoms with E-state index in [0.717, 1.165) is 32.9 Å². The number of hydrogen-bond acceptors (Lipinski definition) is 4. The minimum absolute atomic E-state index is 0.489. The van der Waals surface area contributed by atoms with Crippen molar-refractivity contribution < 1.29 is 0 Å². The Morgan fingerprint density at radius 3 is 3.00 bits per heavy atom. The van der Waals surface area contributed by atoms with Gasteiger partial charge in [-0.2, -0.15) is 0 Å². The Morgan fingerprint density at radius 1 is 1.42 bits per heavy atom. The molecule has 0 radical (unpaired) electrons. The van der Waals surface area contributed by atoms with Gasteiger partial charge in [0.2, 0.25) is 5.95 Å². The van der Waals surface area contributed by atoms with Gasteiger partial charge in [0, 0.05) is 22.1 Å². The van der Waals surface area contributed by atoms with Gasteiger partial charge in [-0.15, -0.1) is 11.3 Å². The van der Waals surface area contributed by atoms with E-state index in [9.17, 15) is 0 Å². The zero-order chi connectivity index (χ0) is 13.4. The number of aromatic nitrogens is 3. The van der Waals surface area contributed by atoms with Crippen LogP contribution in [-0.4, -0.2) is 14.5 Å². The summed E-state index contributed by atoms with van der Waals surface area (Å²) in [5.74, 6) is 0.489. The molecule has 98 valence electrons. The fourth-order valence-corrected chi connectivity index (χ4v) is 3.33. The van der Waals surface area contributed by atoms with Crippen LogP contribution in [0.25, 0.3) is 11.2 Å². The average Bonchev–Trinajstić information content (AvgIpc) is 2.89. The smallest absolute Gasteiger partial charge is 0.202 e. The number of nitrogen functional groups attached to an aromatic ring is 1. The summed E-state index contributed by atoms with van der Waals surface area (Å²) in [4.78, 5) is 9.91. The van der Waals surface area contributed by atoms with Crippen LogP contribution >= 0.6 is 38.9 Å². The fourth-order valence-electron chi connectivity index (χ4n) is 1.93. The van der Waals surface area contributed by atoms with Gasteiger partial charge in [0.15, 0.2) is 5.65 Å². The molecule has 0 saturated carbocycles. The molecule has 0 unspecified atom stereocenters. The molecule has 0 aliphatic heterocycles. The molecule has 0 bridgehead atoms. The van der Waals surface area contributed by atoms with E-state index in [1.54, 1.807) is 17.5 Å². The highest BCUT2D eigenvalue weighted by atomic mass is 79.9. The van der Waals surface area contributed by atoms with Gasteiger partial charge in [0.05, 0.1) is 4.34 Å². The van der Waals surface area contributed by atoms with E-state index in [1.165, 1.54) is 4.88 Å². The van der Waals surface area contributed by atoms with Crippen LogP contribution in [0.2, 0.25) is 4.34 Å². The monoisotopic (exact) mass is 356 g/mol. The van der Waals surface area contributed by atoms with Crippen LogP contribution in [0.15, 0.2) is 28.9 Å². The molecule has 0 aliphatic carbocycles. The Kier molecular flexibility index (Phi) is 3.47. The SMILES string of the molecule is Nc1nc2cc(Br)cnc2n1CCc1ccc(Cl)s1. The second-order valence-corrected chi connectivity index (χ2v) is 6.79. The predicted molar refractivity (Wildman–Crippen MR) is 82.7 cm³/mol. The molecule has 3 heterocycles. The number of halogens is 2. The van der Waals surface area contributed by atoms with E-state index >= 15 is 0 Å². The van der Waals surface area contributed by atoms with Crippen LogP contribution in [0.4, 0.5) is 5.95 Å². The first kappa shape index (κ1) is 12.9. The first-order valence-electron chi connectivity index (χ1n) is 5.65. The lowest BCUT2D eigenvalue weighted by atomic mass is 10.3. The zero-order valence-electron chi connectivity index (χ0n) is 9.81. The van der Waals surface area contributed by atoms with Crippen molar-refractivity contribution in [3.05, 3.63) is 38.1 Å². The summed E-state index contributed by atoms with van der Waals surface area (Å²) in [7, 11) is 0. The van der Waals surface area contributed by atoms with Gasteiger partial charge in [0.1, 0.15) is 5.52 Å². The maximum Gasteiger partial charge on any atom is 0.202 e. The maximum atomic E-state index is 5.95. The Hall–Kier alpha value is -1.11. The number of nitrogens with two attached hydrogens (primary N) is 1. The number of fused-ring (bicyclic) bond motifs is 1. The number of hydrogen-bond donors (Lipinski definition) is 1. The van der Waals surface area contributed by atoms with Crippen molar-refractivity contribution in [3.63, 3.8) is 0 Å². The van der Waals surface area contributed by atoms with Crippen molar-refractivity contribution in [1.29, 1.82) is 0 Å². The summed E-state index contributed by atoms with van der Waals surface area (Å²) in [6, 6.07) is 5.86. The van der Waals surface area contributed by atoms with Gasteiger partial charge >= 0.3 is 0 Å². The molecule has 4 nitrogen and oxygen atoms in total. The lowest BCUT2D eigenvalue weighted by Crippen LogP contribution is -2.05. The standard InChI is InChI=1S/C12H10BrClN4S/c13-7-5-9-11(16-6-7)18(12(15)17-9)4-3-8-1-2-10(14)19-8/h1-2,5-6H,3-4H2,(H2,15,17). The summed E-state index contributed by atoms with van der Waals surface area (Å²) in [5.41, 5.74) is 7.56. The van der Waals surface area contributed by atoms with Gasteiger partial charge in [0.25, 0.3) is 0 Å². The molecule has 0 spiro atoms. The number of anilines is 1. The molecular weight excluding hydrogens is 348 g/mol. The van der Waals surface area contributed by atoms with Crippen LogP contribution < -0.4 is 5.73 Å². The maximum absolute atomic E-state index is 5.95. The zero-order valence-corrected chi connectivity index (χ0v) is 13.0. The van der Waals surface area contributed by atoms with Gasteiger partial charge in [-0.05, 0) is 40.5 Å². The molecule has 3 aromatic heterocycles. The van der Waals surface area contributed by atoms with Crippen molar-refractivity contribution in [2.24, 2.45) is 0 Å². The van der Waals surface area contributed by atoms with Crippen molar-refractivity contribution in [2.75, 3.05) is 5.73 Å². The van der Waals surface area contributed by atoms with Crippen LogP contribution in [-0.2, 0) is 13.0 Å². The molecule has 0 saturated heterocycles. The normalized spacial score (nSPS) is 11.3. The fraction of sp³-hybridized carbons (Fsp3) is 0.167. The Balaban J connectivity index is 1.90. The molecule has 0 amide bonds. The average molecular weight is 358 g/mol. The number of thiophene rings is 1. The number of nitrogens with zero attached hydrogens (tertiary/aromatic N) is 3. The van der Waals surface area contributed by atoms with Crippen LogP contribution in [0, 0.1) is 0 Å². The molecule has 0 fully saturated rings. The van der Waals surface area contributed by atoms with Crippen LogP contribution in [0.1, 0.15) is 4.88 Å². The molecule has 2 N–H and O–H groups in total. The number of imidazole rings is 1. The molecular formula is C12H10BrClN4S. The molecule has 0 aromatic carbocycles. The quantitative estimate of drug-likeness (QED) is 0.777. The molecule has 3 rings (SSSR count). The molecule has 0 atom stereocenters. The first-order valence-corrected chi connectivity index (χ1v) is 7.64. The third-order valence-electron chi connectivity index (χ3n) is 2.79. The van der Waals surface area contributed by atoms with E-state index in [0.29, 0.717) is 5.95 Å². The highest BCUT2D eigenvalue weighted by Gasteiger charge is 2.10. The van der Waals surface area contributed by atoms with Crippen molar-refractivity contribution >= 4 is 56.0 Å². The number of pyridine rings is 1. The van der Waals surface area contributed by atoms with Crippen LogP contribution in [0.5, 0.6) is 0 Å². The van der Waals surface area contributed by atoms with Crippen molar-refractivity contribution in [3.8, 4) is 0 Å². The summed E-state index contributed by atoms with van der Waals surface area (Å²) in [5, 5.41) is 0. The van der Waals surface area contributed by atoms with E-state index in [1.807, 2.05) is 22.8 Å². The minimum atomic E-state index is 0.489. The second kappa shape index (κ2) is 5.11. The van der Waals surface area contributed by atoms with Gasteiger partial charge in [-0.3, -0.25) is 4.57 Å². The molecule has 7 heteroatoms. The van der Waals surface area contributed by atoms with Crippen molar-refractivity contribution in [1.82, 2.24) is 14.5 Å². The van der Waals surface area contributed by atoms with Crippen molar-refractivity contribution in [2.45, 2.75) is 13.0 Å². The minimum Gasteiger partial charge on any atom is -0.369 e. The lowest BCUT2D eigenvalue weighted by Gasteiger charge is -2.04. The Labute approximate surface area is 127 Å². The summed E-state index contributed by atoms with van der Waals surface area (Å²) < 4.78 is 3.63.